The number of hydrogen-bond acceptors (Lipinski definition) is 5. The van der Waals surface area contributed by atoms with E-state index in [0.717, 1.165) is 35.5 Å². The van der Waals surface area contributed by atoms with Gasteiger partial charge in [0.05, 0.1) is 29.8 Å². The van der Waals surface area contributed by atoms with Crippen molar-refractivity contribution in [3.63, 3.8) is 0 Å². The van der Waals surface area contributed by atoms with Gasteiger partial charge in [0.2, 0.25) is 0 Å². The van der Waals surface area contributed by atoms with Crippen LogP contribution in [0.15, 0.2) is 0 Å². The number of Topliss-reactive ketones (excluding diaryl/α,β-unsaturated/α-hetero) is 1. The summed E-state index contributed by atoms with van der Waals surface area (Å²) >= 11 is 1.49. The van der Waals surface area contributed by atoms with Crippen LogP contribution in [0.3, 0.4) is 0 Å². The number of aryl methyl sites for hydroxylation is 1. The Morgan fingerprint density at radius 2 is 2.38 bits per heavy atom. The van der Waals surface area contributed by atoms with Crippen LogP contribution in [0.2, 0.25) is 0 Å². The predicted molar refractivity (Wildman–Crippen MR) is 64.5 cm³/mol. The molecule has 1 aromatic heterocycles. The molecule has 1 unspecified atom stereocenters. The number of thiazole rings is 1. The summed E-state index contributed by atoms with van der Waals surface area (Å²) < 4.78 is 5.39. The molecule has 1 aromatic rings. The average molecular weight is 240 g/mol. The molecule has 1 aliphatic heterocycles. The lowest BCUT2D eigenvalue weighted by atomic mass is 10.3. The van der Waals surface area contributed by atoms with E-state index in [2.05, 4.69) is 16.8 Å². The molecule has 0 aliphatic carbocycles. The Bertz CT molecular complexity index is 403. The lowest BCUT2D eigenvalue weighted by Gasteiger charge is -2.32. The SMILES string of the molecule is CC(=O)c1sc(N2CCOCC2C)nc1C. The molecule has 0 aromatic carbocycles. The van der Waals surface area contributed by atoms with E-state index in [1.54, 1.807) is 6.92 Å². The summed E-state index contributed by atoms with van der Waals surface area (Å²) in [5, 5.41) is 0.943. The first-order valence-electron chi connectivity index (χ1n) is 5.42. The molecule has 88 valence electrons. The maximum Gasteiger partial charge on any atom is 0.186 e. The van der Waals surface area contributed by atoms with E-state index in [1.165, 1.54) is 11.3 Å². The monoisotopic (exact) mass is 240 g/mol. The summed E-state index contributed by atoms with van der Waals surface area (Å²) in [5.41, 5.74) is 0.839. The summed E-state index contributed by atoms with van der Waals surface area (Å²) in [6, 6.07) is 0.333. The minimum absolute atomic E-state index is 0.0992. The Morgan fingerprint density at radius 3 is 2.94 bits per heavy atom. The van der Waals surface area contributed by atoms with Gasteiger partial charge in [-0.2, -0.15) is 0 Å². The van der Waals surface area contributed by atoms with Crippen molar-refractivity contribution < 1.29 is 9.53 Å². The van der Waals surface area contributed by atoms with Gasteiger partial charge in [-0.15, -0.1) is 0 Å². The molecule has 0 saturated carbocycles. The Kier molecular flexibility index (Phi) is 3.25. The number of anilines is 1. The average Bonchev–Trinajstić information content (AvgIpc) is 2.61. The standard InChI is InChI=1S/C11H16N2O2S/c1-7-6-15-5-4-13(7)11-12-8(2)10(16-11)9(3)14/h7H,4-6H2,1-3H3. The van der Waals surface area contributed by atoms with Crippen LogP contribution in [0.5, 0.6) is 0 Å². The van der Waals surface area contributed by atoms with Gasteiger partial charge < -0.3 is 9.64 Å². The zero-order valence-electron chi connectivity index (χ0n) is 9.82. The number of rotatable bonds is 2. The van der Waals surface area contributed by atoms with Gasteiger partial charge >= 0.3 is 0 Å². The first kappa shape index (κ1) is 11.5. The molecule has 0 N–H and O–H groups in total. The third-order valence-electron chi connectivity index (χ3n) is 2.72. The van der Waals surface area contributed by atoms with E-state index in [9.17, 15) is 4.79 Å². The van der Waals surface area contributed by atoms with Crippen LogP contribution in [0.4, 0.5) is 5.13 Å². The highest BCUT2D eigenvalue weighted by atomic mass is 32.1. The Hall–Kier alpha value is -0.940. The van der Waals surface area contributed by atoms with Gasteiger partial charge in [-0.05, 0) is 13.8 Å². The minimum atomic E-state index is 0.0992. The fourth-order valence-corrected chi connectivity index (χ4v) is 2.93. The number of hydrogen-bond donors (Lipinski definition) is 0. The molecule has 1 atom stereocenters. The van der Waals surface area contributed by atoms with E-state index in [4.69, 9.17) is 4.74 Å². The van der Waals surface area contributed by atoms with E-state index < -0.39 is 0 Å². The molecule has 2 rings (SSSR count). The first-order chi connectivity index (χ1) is 7.59. The van der Waals surface area contributed by atoms with Gasteiger partial charge in [0, 0.05) is 13.5 Å². The second-order valence-electron chi connectivity index (χ2n) is 4.08. The summed E-state index contributed by atoms with van der Waals surface area (Å²) in [5.74, 6) is 0.0992. The quantitative estimate of drug-likeness (QED) is 0.740. The van der Waals surface area contributed by atoms with E-state index in [-0.39, 0.29) is 5.78 Å². The smallest absolute Gasteiger partial charge is 0.186 e. The summed E-state index contributed by atoms with van der Waals surface area (Å²) in [7, 11) is 0. The number of ether oxygens (including phenoxy) is 1. The lowest BCUT2D eigenvalue weighted by molar-refractivity contribution is 0.0989. The van der Waals surface area contributed by atoms with E-state index >= 15 is 0 Å². The number of ketones is 1. The highest BCUT2D eigenvalue weighted by Crippen LogP contribution is 2.28. The van der Waals surface area contributed by atoms with E-state index in [0.29, 0.717) is 6.04 Å². The van der Waals surface area contributed by atoms with Crippen LogP contribution in [-0.2, 0) is 4.74 Å². The van der Waals surface area contributed by atoms with Crippen molar-refractivity contribution in [2.75, 3.05) is 24.7 Å². The van der Waals surface area contributed by atoms with Gasteiger partial charge in [-0.25, -0.2) is 4.98 Å². The van der Waals surface area contributed by atoms with Crippen LogP contribution in [-0.4, -0.2) is 36.6 Å². The van der Waals surface area contributed by atoms with Gasteiger partial charge in [-0.3, -0.25) is 4.79 Å². The summed E-state index contributed by atoms with van der Waals surface area (Å²) in [6.45, 7) is 7.91. The second kappa shape index (κ2) is 4.51. The Labute approximate surface area is 99.2 Å². The van der Waals surface area contributed by atoms with Gasteiger partial charge in [0.25, 0.3) is 0 Å². The first-order valence-corrected chi connectivity index (χ1v) is 6.24. The highest BCUT2D eigenvalue weighted by Gasteiger charge is 2.23. The molecule has 1 aliphatic rings. The van der Waals surface area contributed by atoms with Crippen molar-refractivity contribution in [1.29, 1.82) is 0 Å². The molecule has 0 bridgehead atoms. The number of carbonyl (C=O) groups is 1. The normalized spacial score (nSPS) is 21.2. The van der Waals surface area contributed by atoms with Crippen LogP contribution >= 0.6 is 11.3 Å². The molecule has 0 amide bonds. The highest BCUT2D eigenvalue weighted by molar-refractivity contribution is 7.17. The number of nitrogens with zero attached hydrogens (tertiary/aromatic N) is 2. The van der Waals surface area contributed by atoms with Gasteiger partial charge in [0.1, 0.15) is 0 Å². The fourth-order valence-electron chi connectivity index (χ4n) is 1.84. The van der Waals surface area contributed by atoms with Crippen molar-refractivity contribution in [3.05, 3.63) is 10.6 Å². The van der Waals surface area contributed by atoms with Crippen molar-refractivity contribution >= 4 is 22.3 Å². The van der Waals surface area contributed by atoms with Crippen LogP contribution < -0.4 is 4.90 Å². The maximum absolute atomic E-state index is 11.4. The molecule has 2 heterocycles. The third kappa shape index (κ3) is 2.10. The van der Waals surface area contributed by atoms with Crippen molar-refractivity contribution in [2.24, 2.45) is 0 Å². The van der Waals surface area contributed by atoms with Gasteiger partial charge in [-0.1, -0.05) is 11.3 Å². The Balaban J connectivity index is 2.26. The van der Waals surface area contributed by atoms with Crippen LogP contribution in [0.1, 0.15) is 29.2 Å². The molecule has 0 spiro atoms. The zero-order chi connectivity index (χ0) is 11.7. The second-order valence-corrected chi connectivity index (χ2v) is 5.06. The van der Waals surface area contributed by atoms with Gasteiger partial charge in [0.15, 0.2) is 10.9 Å². The molecule has 4 nitrogen and oxygen atoms in total. The predicted octanol–water partition coefficient (Wildman–Crippen LogP) is 1.88. The topological polar surface area (TPSA) is 42.4 Å². The molecular formula is C11H16N2O2S. The Morgan fingerprint density at radius 1 is 1.62 bits per heavy atom. The van der Waals surface area contributed by atoms with Crippen molar-refractivity contribution in [3.8, 4) is 0 Å². The summed E-state index contributed by atoms with van der Waals surface area (Å²) in [6.07, 6.45) is 0. The lowest BCUT2D eigenvalue weighted by Crippen LogP contribution is -2.43. The zero-order valence-corrected chi connectivity index (χ0v) is 10.6. The third-order valence-corrected chi connectivity index (χ3v) is 4.01. The number of morpholine rings is 1. The van der Waals surface area contributed by atoms with Crippen molar-refractivity contribution in [2.45, 2.75) is 26.8 Å². The van der Waals surface area contributed by atoms with Crippen LogP contribution in [0, 0.1) is 6.92 Å². The molecule has 16 heavy (non-hydrogen) atoms. The fraction of sp³-hybridized carbons (Fsp3) is 0.636. The molecule has 5 heteroatoms. The molecular weight excluding hydrogens is 224 g/mol. The maximum atomic E-state index is 11.4. The number of carbonyl (C=O) groups excluding carboxylic acids is 1. The van der Waals surface area contributed by atoms with E-state index in [1.807, 2.05) is 6.92 Å². The molecule has 1 fully saturated rings. The van der Waals surface area contributed by atoms with Crippen molar-refractivity contribution in [1.82, 2.24) is 4.98 Å². The summed E-state index contributed by atoms with van der Waals surface area (Å²) in [4.78, 5) is 18.8. The number of aromatic nitrogens is 1. The molecule has 1 saturated heterocycles. The largest absolute Gasteiger partial charge is 0.377 e. The van der Waals surface area contributed by atoms with Crippen LogP contribution in [0.25, 0.3) is 0 Å². The molecule has 0 radical (unpaired) electrons. The minimum Gasteiger partial charge on any atom is -0.377 e.